The summed E-state index contributed by atoms with van der Waals surface area (Å²) in [6.45, 7) is 50.0. The molecule has 27 heteroatoms. The zero-order valence-electron chi connectivity index (χ0n) is 73.2. The highest BCUT2D eigenvalue weighted by Gasteiger charge is 2.37. The number of hydrogen-bond acceptors (Lipinski definition) is 16. The number of carbonyl (C=O) groups is 8. The van der Waals surface area contributed by atoms with Crippen LogP contribution in [0.3, 0.4) is 0 Å². The van der Waals surface area contributed by atoms with Gasteiger partial charge < -0.3 is 27.7 Å². The Morgan fingerprint density at radius 3 is 0.815 bits per heavy atom. The molecule has 119 heavy (non-hydrogen) atoms. The zero-order valence-corrected chi connectivity index (χ0v) is 79.2. The van der Waals surface area contributed by atoms with Crippen LogP contribution in [0.2, 0.25) is 40.3 Å². The average Bonchev–Trinajstić information content (AvgIpc) is 0.801. The number of Topliss-reactive ketones (excluding diaryl/α,β-unsaturated/α-hetero) is 8. The number of alkyl halides is 3. The molecule has 0 unspecified atom stereocenters. The molecule has 0 saturated heterocycles. The van der Waals surface area contributed by atoms with Gasteiger partial charge in [-0.3, -0.25) is 38.4 Å². The summed E-state index contributed by atoms with van der Waals surface area (Å²) in [7, 11) is 1.54. The van der Waals surface area contributed by atoms with Crippen LogP contribution < -0.4 is 27.7 Å². The minimum atomic E-state index is -4.64. The Morgan fingerprint density at radius 2 is 0.555 bits per heavy atom. The smallest absolute Gasteiger partial charge is 0.418 e. The number of nitrogen functional groups attached to an aromatic ring is 4. The van der Waals surface area contributed by atoms with Gasteiger partial charge in [-0.15, -0.1) is 5.11 Å². The summed E-state index contributed by atoms with van der Waals surface area (Å²) < 4.78 is 43.2. The van der Waals surface area contributed by atoms with Crippen LogP contribution in [0.15, 0.2) is 133 Å². The Hall–Kier alpha value is -8.24. The third-order valence-corrected chi connectivity index (χ3v) is 19.4. The molecule has 0 atom stereocenters. The normalized spacial score (nSPS) is 11.6. The first kappa shape index (κ1) is 109. The number of methoxy groups -OCH3 is 1. The summed E-state index contributed by atoms with van der Waals surface area (Å²) in [4.78, 5) is 98.9. The van der Waals surface area contributed by atoms with E-state index in [1.54, 1.807) is 87.5 Å². The minimum Gasteiger partial charge on any atom is -0.495 e. The fourth-order valence-electron chi connectivity index (χ4n) is 9.56. The van der Waals surface area contributed by atoms with E-state index in [0.717, 1.165) is 22.8 Å². The highest BCUT2D eigenvalue weighted by atomic mass is 35.5. The Labute approximate surface area is 740 Å². The lowest BCUT2D eigenvalue weighted by molar-refractivity contribution is -0.136. The number of pyridine rings is 1. The van der Waals surface area contributed by atoms with Crippen LogP contribution in [0.4, 0.5) is 41.7 Å². The summed E-state index contributed by atoms with van der Waals surface area (Å²) in [5.41, 5.74) is 32.2. The number of benzene rings is 7. The van der Waals surface area contributed by atoms with Crippen LogP contribution in [0.1, 0.15) is 271 Å². The number of ether oxygens (including phenoxy) is 1. The number of carbonyl (C=O) groups excluding carboxylic acids is 8. The van der Waals surface area contributed by atoms with Crippen LogP contribution >= 0.6 is 92.8 Å². The van der Waals surface area contributed by atoms with Crippen LogP contribution in [0.5, 0.6) is 5.75 Å². The maximum Gasteiger partial charge on any atom is 0.418 e. The molecule has 0 spiro atoms. The third-order valence-electron chi connectivity index (χ3n) is 16.7. The van der Waals surface area contributed by atoms with E-state index in [9.17, 15) is 51.5 Å². The van der Waals surface area contributed by atoms with Gasteiger partial charge in [0.15, 0.2) is 52.1 Å². The van der Waals surface area contributed by atoms with Gasteiger partial charge >= 0.3 is 6.18 Å². The van der Waals surface area contributed by atoms with Gasteiger partial charge in [-0.1, -0.05) is 295 Å². The van der Waals surface area contributed by atoms with E-state index < -0.39 is 39.5 Å². The molecule has 0 fully saturated rings. The predicted octanol–water partition coefficient (Wildman–Crippen LogP) is 28.9. The summed E-state index contributed by atoms with van der Waals surface area (Å²) in [6, 6.07) is 34.4. The number of nitrogens with one attached hydrogen (secondary N) is 1. The monoisotopic (exact) mass is 1800 g/mol. The Balaban J connectivity index is 0.000000681. The van der Waals surface area contributed by atoms with Crippen molar-refractivity contribution in [3.05, 3.63) is 234 Å². The molecular formula is C92H114Cl8F3N7O9. The minimum absolute atomic E-state index is 0.00806. The van der Waals surface area contributed by atoms with Crippen molar-refractivity contribution >= 4 is 168 Å². The second kappa shape index (κ2) is 44.0. The highest BCUT2D eigenvalue weighted by molar-refractivity contribution is 6.39. The molecular weight excluding hydrogens is 1690 g/mol. The van der Waals surface area contributed by atoms with Gasteiger partial charge in [0.2, 0.25) is 0 Å². The van der Waals surface area contributed by atoms with E-state index in [4.69, 9.17) is 126 Å². The van der Waals surface area contributed by atoms with Gasteiger partial charge in [-0.25, -0.2) is 10.5 Å². The fraction of sp³-hybridized carbons (Fsp3) is 0.402. The molecule has 648 valence electrons. The van der Waals surface area contributed by atoms with Crippen LogP contribution in [-0.2, 0) is 6.18 Å². The molecule has 1 heterocycles. The van der Waals surface area contributed by atoms with Crippen molar-refractivity contribution in [1.82, 2.24) is 4.98 Å². The molecule has 1 aromatic heterocycles. The van der Waals surface area contributed by atoms with Crippen LogP contribution in [0.25, 0.3) is 0 Å². The largest absolute Gasteiger partial charge is 0.495 e. The second-order valence-electron chi connectivity index (χ2n) is 36.1. The van der Waals surface area contributed by atoms with Crippen LogP contribution in [-0.4, -0.2) is 58.4 Å². The first-order valence-electron chi connectivity index (χ1n) is 37.3. The molecule has 16 nitrogen and oxygen atoms in total. The van der Waals surface area contributed by atoms with Gasteiger partial charge in [-0.2, -0.15) is 13.2 Å². The number of aryl methyl sites for hydroxylation is 3. The summed E-state index contributed by atoms with van der Waals surface area (Å²) in [5.74, 6) is 0.747. The molecule has 0 radical (unpaired) electrons. The van der Waals surface area contributed by atoms with E-state index in [-0.39, 0.29) is 89.1 Å². The molecule has 0 aliphatic heterocycles. The number of rotatable bonds is 10. The van der Waals surface area contributed by atoms with Crippen molar-refractivity contribution < 1.29 is 56.3 Å². The van der Waals surface area contributed by atoms with Gasteiger partial charge in [0.05, 0.1) is 55.5 Å². The lowest BCUT2D eigenvalue weighted by Gasteiger charge is -2.19. The Morgan fingerprint density at radius 1 is 0.319 bits per heavy atom. The van der Waals surface area contributed by atoms with Gasteiger partial charge in [0.1, 0.15) is 10.9 Å². The molecule has 0 aliphatic rings. The first-order chi connectivity index (χ1) is 53.7. The lowest BCUT2D eigenvalue weighted by Crippen LogP contribution is -2.21. The molecule has 8 rings (SSSR count). The highest BCUT2D eigenvalue weighted by Crippen LogP contribution is 2.40. The van der Waals surface area contributed by atoms with Crippen molar-refractivity contribution in [3.63, 3.8) is 0 Å². The third kappa shape index (κ3) is 35.0. The Bertz CT molecular complexity index is 4690. The number of ketones is 8. The number of halogens is 11. The summed E-state index contributed by atoms with van der Waals surface area (Å²) in [5, 5.41) is 6.09. The van der Waals surface area contributed by atoms with Gasteiger partial charge in [-0.05, 0) is 128 Å². The maximum atomic E-state index is 12.7. The number of anilines is 4. The van der Waals surface area contributed by atoms with Crippen molar-refractivity contribution in [2.75, 3.05) is 30.0 Å². The molecule has 0 amide bonds. The van der Waals surface area contributed by atoms with E-state index in [2.05, 4.69) is 10.1 Å². The molecule has 7 aromatic carbocycles. The van der Waals surface area contributed by atoms with E-state index in [1.807, 2.05) is 203 Å². The molecule has 0 aliphatic carbocycles. The quantitative estimate of drug-likeness (QED) is 0.0368. The average molecular weight is 1800 g/mol. The second-order valence-corrected chi connectivity index (χ2v) is 39.4. The lowest BCUT2D eigenvalue weighted by atomic mass is 9.86. The van der Waals surface area contributed by atoms with Crippen molar-refractivity contribution in [3.8, 4) is 5.75 Å². The standard InChI is InChI=1S/C12H13ClF3NO.3C12H15ClO.C12H17NO2.C11H13Cl2NO.C11H14ClNO.C10H12ClN3O/c1-11(2,3)10(18)6-4-7(12(14,15)16)9(17)8(13)5-6;3*1-8-5-6-9(7-10(8)13)11(14)12(2,3)4;1-12(2,3)11(14)8-5-6-9(13)10(7-8)15-4;1-11(2,3)10(15)6-4-7(12)9(14)8(13)5-6;1-11(2,3)10(14)7-4-5-9(13)8(12)6-7;1-10(2,3)9(15)6-4-7(11)13-8(5-6)14-12/h4-5H,17H2,1-3H3;3*5-7H,1-4H3;5-7H,13H2,1-4H3;4-5H,14H2,1-3H3;4-6H,13H2,1-3H3;4-5,12H,1-3H3. The number of aromatic nitrogens is 1. The van der Waals surface area contributed by atoms with E-state index in [0.29, 0.717) is 91.9 Å². The zero-order chi connectivity index (χ0) is 93.1. The molecule has 0 saturated carbocycles. The van der Waals surface area contributed by atoms with Gasteiger partial charge in [0.25, 0.3) is 0 Å². The molecule has 8 aromatic rings. The molecule has 0 bridgehead atoms. The number of nitrogens with two attached hydrogens (primary N) is 4. The van der Waals surface area contributed by atoms with E-state index in [1.165, 1.54) is 25.3 Å². The van der Waals surface area contributed by atoms with Crippen LogP contribution in [0, 0.1) is 69.6 Å². The topological polar surface area (TPSA) is 299 Å². The van der Waals surface area contributed by atoms with Gasteiger partial charge in [0, 0.05) is 103 Å². The Kier molecular flexibility index (Phi) is 40.2. The summed E-state index contributed by atoms with van der Waals surface area (Å²) >= 11 is 46.8. The van der Waals surface area contributed by atoms with Crippen molar-refractivity contribution in [1.29, 1.82) is 5.53 Å². The number of hydrogen-bond donors (Lipinski definition) is 5. The van der Waals surface area contributed by atoms with Crippen molar-refractivity contribution in [2.45, 2.75) is 193 Å². The molecule has 9 N–H and O–H groups in total. The van der Waals surface area contributed by atoms with Crippen molar-refractivity contribution in [2.24, 2.45) is 48.4 Å². The summed E-state index contributed by atoms with van der Waals surface area (Å²) in [6.07, 6.45) is -4.64. The fourth-order valence-corrected chi connectivity index (χ4v) is 11.2. The maximum absolute atomic E-state index is 12.7. The SMILES string of the molecule is CC(C)(C)C(=O)c1cc(Cl)c(N)c(C(F)(F)F)c1.CC(C)(C)C(=O)c1cc(Cl)c(N)c(Cl)c1.CC(C)(C)C(=O)c1cc(Cl)nc(N=N)c1.CC(C)(C)C(=O)c1ccc(N)c(Cl)c1.COc1cc(C(=O)C(C)(C)C)ccc1N.Cc1ccc(C(=O)C(C)(C)C)cc1Cl.Cc1ccc(C(=O)C(C)(C)C)cc1Cl.Cc1ccc(C(=O)C(C)(C)C)cc1Cl. The first-order valence-corrected chi connectivity index (χ1v) is 40.3. The number of nitrogens with zero attached hydrogens (tertiary/aromatic N) is 2. The van der Waals surface area contributed by atoms with E-state index >= 15 is 0 Å². The predicted molar refractivity (Wildman–Crippen MR) is 488 cm³/mol.